The lowest BCUT2D eigenvalue weighted by Gasteiger charge is -2.16. The lowest BCUT2D eigenvalue weighted by Crippen LogP contribution is -2.28. The van der Waals surface area contributed by atoms with Crippen LogP contribution in [0.25, 0.3) is 0 Å². The normalized spacial score (nSPS) is 15.3. The molecule has 1 aliphatic heterocycles. The summed E-state index contributed by atoms with van der Waals surface area (Å²) in [5.41, 5.74) is 0.463. The Bertz CT molecular complexity index is 1500. The van der Waals surface area contributed by atoms with Crippen LogP contribution in [0.15, 0.2) is 82.2 Å². The van der Waals surface area contributed by atoms with Crippen LogP contribution in [0.3, 0.4) is 0 Å². The molecule has 38 heavy (non-hydrogen) atoms. The number of thioether (sulfide) groups is 1. The second-order valence-corrected chi connectivity index (χ2v) is 14.0. The van der Waals surface area contributed by atoms with Crippen LogP contribution >= 0.6 is 11.8 Å². The van der Waals surface area contributed by atoms with E-state index >= 15 is 0 Å². The van der Waals surface area contributed by atoms with Crippen molar-refractivity contribution < 1.29 is 21.6 Å². The summed E-state index contributed by atoms with van der Waals surface area (Å²) in [6.45, 7) is 6.74. The number of carbonyl (C=O) groups excluding carboxylic acids is 1. The number of carbonyl (C=O) groups is 1. The van der Waals surface area contributed by atoms with Gasteiger partial charge in [0.15, 0.2) is 15.0 Å². The van der Waals surface area contributed by atoms with Crippen molar-refractivity contribution in [1.82, 2.24) is 19.1 Å². The van der Waals surface area contributed by atoms with Gasteiger partial charge in [0.1, 0.15) is 11.6 Å². The number of aromatic nitrogens is 3. The monoisotopic (exact) mass is 575 g/mol. The van der Waals surface area contributed by atoms with Crippen LogP contribution in [-0.2, 0) is 37.0 Å². The topological polar surface area (TPSA) is 131 Å². The Morgan fingerprint density at radius 1 is 1.03 bits per heavy atom. The fraction of sp³-hybridized carbons (Fsp3) is 0.320. The van der Waals surface area contributed by atoms with Gasteiger partial charge >= 0.3 is 0 Å². The molecule has 3 aromatic rings. The summed E-state index contributed by atoms with van der Waals surface area (Å²) in [5, 5.41) is 10.8. The standard InChI is InChI=1S/C25H29N5O5S3/c1-3-15-30-23(18-37(32,33)21-9-5-4-6-10-21)27-28-25(30)36-19(2)24(31)26-20-11-13-22(14-12-20)38(34,35)29-16-7-8-17-29/h3-6,9-14,19H,1,7-8,15-18H2,2H3,(H,26,31). The minimum absolute atomic E-state index is 0.189. The molecule has 1 aliphatic rings. The van der Waals surface area contributed by atoms with Crippen LogP contribution in [-0.4, -0.2) is 60.2 Å². The SMILES string of the molecule is C=CCn1c(CS(=O)(=O)c2ccccc2)nnc1SC(C)C(=O)Nc1ccc(S(=O)(=O)N2CCCC2)cc1. The van der Waals surface area contributed by atoms with E-state index in [9.17, 15) is 21.6 Å². The molecule has 1 N–H and O–H groups in total. The number of allylic oxidation sites excluding steroid dienone is 1. The van der Waals surface area contributed by atoms with E-state index in [0.717, 1.165) is 24.6 Å². The molecule has 0 spiro atoms. The number of sulfone groups is 1. The average Bonchev–Trinajstić information content (AvgIpc) is 3.57. The first kappa shape index (κ1) is 28.0. The van der Waals surface area contributed by atoms with Crippen LogP contribution in [0.2, 0.25) is 0 Å². The summed E-state index contributed by atoms with van der Waals surface area (Å²) in [6.07, 6.45) is 3.32. The molecule has 1 saturated heterocycles. The van der Waals surface area contributed by atoms with E-state index in [1.807, 2.05) is 0 Å². The summed E-state index contributed by atoms with van der Waals surface area (Å²) < 4.78 is 54.2. The number of hydrogen-bond donors (Lipinski definition) is 1. The fourth-order valence-corrected chi connectivity index (χ4v) is 7.64. The van der Waals surface area contributed by atoms with Crippen molar-refractivity contribution in [2.75, 3.05) is 18.4 Å². The Balaban J connectivity index is 1.43. The zero-order valence-corrected chi connectivity index (χ0v) is 23.3. The van der Waals surface area contributed by atoms with Gasteiger partial charge in [0, 0.05) is 25.3 Å². The van der Waals surface area contributed by atoms with E-state index in [1.165, 1.54) is 28.6 Å². The van der Waals surface area contributed by atoms with Gasteiger partial charge in [0.2, 0.25) is 15.9 Å². The van der Waals surface area contributed by atoms with E-state index in [4.69, 9.17) is 0 Å². The molecule has 2 heterocycles. The van der Waals surface area contributed by atoms with Crippen molar-refractivity contribution in [2.24, 2.45) is 0 Å². The van der Waals surface area contributed by atoms with Gasteiger partial charge in [-0.1, -0.05) is 36.0 Å². The predicted molar refractivity (Wildman–Crippen MR) is 146 cm³/mol. The van der Waals surface area contributed by atoms with Gasteiger partial charge in [-0.05, 0) is 56.2 Å². The highest BCUT2D eigenvalue weighted by atomic mass is 32.2. The third kappa shape index (κ3) is 6.34. The molecule has 1 fully saturated rings. The number of anilines is 1. The smallest absolute Gasteiger partial charge is 0.243 e. The maximum Gasteiger partial charge on any atom is 0.243 e. The molecular formula is C25H29N5O5S3. The molecule has 2 aromatic carbocycles. The number of nitrogens with one attached hydrogen (secondary N) is 1. The summed E-state index contributed by atoms with van der Waals surface area (Å²) in [4.78, 5) is 13.2. The molecule has 202 valence electrons. The Hall–Kier alpha value is -3.00. The first-order chi connectivity index (χ1) is 18.1. The summed E-state index contributed by atoms with van der Waals surface area (Å²) in [6, 6.07) is 14.2. The number of amides is 1. The van der Waals surface area contributed by atoms with Crippen molar-refractivity contribution in [2.45, 2.75) is 52.3 Å². The highest BCUT2D eigenvalue weighted by Crippen LogP contribution is 2.26. The Kier molecular flexibility index (Phi) is 8.71. The van der Waals surface area contributed by atoms with Gasteiger partial charge in [0.25, 0.3) is 0 Å². The molecule has 1 unspecified atom stereocenters. The summed E-state index contributed by atoms with van der Waals surface area (Å²) in [5.74, 6) is -0.415. The lowest BCUT2D eigenvalue weighted by atomic mass is 10.3. The van der Waals surface area contributed by atoms with Crippen molar-refractivity contribution >= 4 is 43.2 Å². The second kappa shape index (κ2) is 11.8. The second-order valence-electron chi connectivity index (χ2n) is 8.76. The highest BCUT2D eigenvalue weighted by molar-refractivity contribution is 8.00. The van der Waals surface area contributed by atoms with Gasteiger partial charge in [-0.15, -0.1) is 16.8 Å². The number of nitrogens with zero attached hydrogens (tertiary/aromatic N) is 4. The Labute approximate surface area is 227 Å². The Morgan fingerprint density at radius 3 is 2.32 bits per heavy atom. The van der Waals surface area contributed by atoms with Gasteiger partial charge in [0.05, 0.1) is 15.0 Å². The van der Waals surface area contributed by atoms with E-state index in [2.05, 4.69) is 22.1 Å². The predicted octanol–water partition coefficient (Wildman–Crippen LogP) is 3.34. The van der Waals surface area contributed by atoms with Crippen molar-refractivity contribution in [1.29, 1.82) is 0 Å². The van der Waals surface area contributed by atoms with Gasteiger partial charge < -0.3 is 9.88 Å². The molecule has 0 saturated carbocycles. The zero-order valence-electron chi connectivity index (χ0n) is 20.9. The van der Waals surface area contributed by atoms with Crippen molar-refractivity contribution in [3.05, 3.63) is 73.1 Å². The number of benzene rings is 2. The quantitative estimate of drug-likeness (QED) is 0.272. The zero-order chi connectivity index (χ0) is 27.3. The molecule has 0 radical (unpaired) electrons. The largest absolute Gasteiger partial charge is 0.325 e. The van der Waals surface area contributed by atoms with Crippen molar-refractivity contribution in [3.63, 3.8) is 0 Å². The Morgan fingerprint density at radius 2 is 1.68 bits per heavy atom. The maximum absolute atomic E-state index is 12.9. The van der Waals surface area contributed by atoms with E-state index < -0.39 is 25.1 Å². The van der Waals surface area contributed by atoms with E-state index in [1.54, 1.807) is 47.9 Å². The average molecular weight is 576 g/mol. The summed E-state index contributed by atoms with van der Waals surface area (Å²) >= 11 is 1.14. The minimum atomic E-state index is -3.64. The van der Waals surface area contributed by atoms with E-state index in [-0.39, 0.29) is 33.8 Å². The first-order valence-electron chi connectivity index (χ1n) is 12.0. The number of rotatable bonds is 11. The molecule has 4 rings (SSSR count). The van der Waals surface area contributed by atoms with Crippen molar-refractivity contribution in [3.8, 4) is 0 Å². The van der Waals surface area contributed by atoms with Crippen LogP contribution in [0.1, 0.15) is 25.6 Å². The minimum Gasteiger partial charge on any atom is -0.325 e. The molecule has 1 atom stereocenters. The van der Waals surface area contributed by atoms with Gasteiger partial charge in [-0.3, -0.25) is 4.79 Å². The maximum atomic E-state index is 12.9. The molecule has 0 bridgehead atoms. The number of sulfonamides is 1. The van der Waals surface area contributed by atoms with Gasteiger partial charge in [-0.25, -0.2) is 16.8 Å². The highest BCUT2D eigenvalue weighted by Gasteiger charge is 2.27. The van der Waals surface area contributed by atoms with Crippen LogP contribution in [0.5, 0.6) is 0 Å². The van der Waals surface area contributed by atoms with Gasteiger partial charge in [-0.2, -0.15) is 4.31 Å². The summed E-state index contributed by atoms with van der Waals surface area (Å²) in [7, 11) is -7.17. The third-order valence-corrected chi connectivity index (χ3v) is 10.6. The number of hydrogen-bond acceptors (Lipinski definition) is 8. The van der Waals surface area contributed by atoms with Crippen LogP contribution < -0.4 is 5.32 Å². The van der Waals surface area contributed by atoms with Crippen LogP contribution in [0.4, 0.5) is 5.69 Å². The van der Waals surface area contributed by atoms with Crippen LogP contribution in [0, 0.1) is 0 Å². The van der Waals surface area contributed by atoms with E-state index in [0.29, 0.717) is 23.9 Å². The molecule has 1 amide bonds. The third-order valence-electron chi connectivity index (χ3n) is 6.00. The molecular weight excluding hydrogens is 547 g/mol. The molecule has 10 nitrogen and oxygen atoms in total. The first-order valence-corrected chi connectivity index (χ1v) is 16.0. The molecule has 13 heteroatoms. The molecule has 1 aromatic heterocycles. The fourth-order valence-electron chi connectivity index (χ4n) is 3.95. The molecule has 0 aliphatic carbocycles. The lowest BCUT2D eigenvalue weighted by molar-refractivity contribution is -0.115.